The van der Waals surface area contributed by atoms with E-state index >= 15 is 0 Å². The summed E-state index contributed by atoms with van der Waals surface area (Å²) in [6, 6.07) is 10.0. The Morgan fingerprint density at radius 2 is 1.88 bits per heavy atom. The third kappa shape index (κ3) is 5.48. The van der Waals surface area contributed by atoms with Crippen molar-refractivity contribution < 1.29 is 4.79 Å². The normalized spacial score (nSPS) is 11.3. The molecule has 0 bridgehead atoms. The van der Waals surface area contributed by atoms with Crippen LogP contribution in [0.5, 0.6) is 0 Å². The van der Waals surface area contributed by atoms with Gasteiger partial charge in [-0.3, -0.25) is 4.79 Å². The number of carbonyl (C=O) groups excluding carboxylic acids is 1. The predicted molar refractivity (Wildman–Crippen MR) is 104 cm³/mol. The summed E-state index contributed by atoms with van der Waals surface area (Å²) < 4.78 is 2.28. The number of rotatable bonds is 7. The number of hydrogen-bond acceptors (Lipinski definition) is 3. The number of hydrazone groups is 1. The van der Waals surface area contributed by atoms with E-state index in [-0.39, 0.29) is 12.5 Å². The minimum Gasteiger partial charge on any atom is -0.376 e. The molecule has 0 saturated carbocycles. The second-order valence-corrected chi connectivity index (χ2v) is 6.84. The number of amides is 1. The number of aromatic nitrogens is 1. The van der Waals surface area contributed by atoms with E-state index < -0.39 is 0 Å². The van der Waals surface area contributed by atoms with Crippen molar-refractivity contribution in [3.05, 3.63) is 52.8 Å². The van der Waals surface area contributed by atoms with E-state index in [1.165, 1.54) is 17.0 Å². The smallest absolute Gasteiger partial charge is 0.259 e. The van der Waals surface area contributed by atoms with Crippen LogP contribution in [-0.2, 0) is 11.3 Å². The molecule has 0 aliphatic heterocycles. The maximum absolute atomic E-state index is 11.9. The van der Waals surface area contributed by atoms with Gasteiger partial charge in [-0.15, -0.1) is 0 Å². The largest absolute Gasteiger partial charge is 0.376 e. The lowest BCUT2D eigenvalue weighted by Gasteiger charge is -2.11. The molecule has 0 fully saturated rings. The molecule has 2 N–H and O–H groups in total. The zero-order valence-corrected chi connectivity index (χ0v) is 15.8. The van der Waals surface area contributed by atoms with E-state index in [9.17, 15) is 4.79 Å². The highest BCUT2D eigenvalue weighted by atomic mass is 16.2. The molecule has 134 valence electrons. The third-order valence-electron chi connectivity index (χ3n) is 4.06. The lowest BCUT2D eigenvalue weighted by molar-refractivity contribution is -0.119. The number of aryl methyl sites for hydroxylation is 2. The highest BCUT2D eigenvalue weighted by Crippen LogP contribution is 2.15. The molecule has 25 heavy (non-hydrogen) atoms. The molecule has 0 radical (unpaired) electrons. The Labute approximate surface area is 150 Å². The summed E-state index contributed by atoms with van der Waals surface area (Å²) in [4.78, 5) is 11.9. The number of hydrogen-bond donors (Lipinski definition) is 2. The van der Waals surface area contributed by atoms with Crippen LogP contribution < -0.4 is 10.7 Å². The first kappa shape index (κ1) is 18.8. The molecule has 1 aromatic carbocycles. The van der Waals surface area contributed by atoms with Gasteiger partial charge in [-0.2, -0.15) is 5.10 Å². The quantitative estimate of drug-likeness (QED) is 0.597. The number of carbonyl (C=O) groups is 1. The molecule has 2 aromatic rings. The summed E-state index contributed by atoms with van der Waals surface area (Å²) in [6.45, 7) is 11.8. The summed E-state index contributed by atoms with van der Waals surface area (Å²) in [6.07, 6.45) is 1.71. The van der Waals surface area contributed by atoms with E-state index in [2.05, 4.69) is 54.2 Å². The summed E-state index contributed by atoms with van der Waals surface area (Å²) >= 11 is 0. The standard InChI is InChI=1S/C20H28N4O/c1-14(2)13-24-16(4)10-18(17(24)5)11-22-23-20(25)12-21-19-8-6-15(3)7-9-19/h6-11,14,21H,12-13H2,1-5H3,(H,23,25)/b22-11-. The molecule has 1 aromatic heterocycles. The van der Waals surface area contributed by atoms with Crippen molar-refractivity contribution in [3.8, 4) is 0 Å². The Morgan fingerprint density at radius 1 is 1.20 bits per heavy atom. The van der Waals surface area contributed by atoms with E-state index in [0.717, 1.165) is 17.8 Å². The molecule has 1 amide bonds. The highest BCUT2D eigenvalue weighted by Gasteiger charge is 2.08. The Kier molecular flexibility index (Phi) is 6.39. The molecule has 0 atom stereocenters. The molecule has 0 aliphatic carbocycles. The van der Waals surface area contributed by atoms with Crippen LogP contribution in [0.25, 0.3) is 0 Å². The second kappa shape index (κ2) is 8.51. The van der Waals surface area contributed by atoms with E-state index in [1.54, 1.807) is 6.21 Å². The molecule has 0 aliphatic rings. The van der Waals surface area contributed by atoms with Crippen molar-refractivity contribution in [2.75, 3.05) is 11.9 Å². The minimum atomic E-state index is -0.173. The number of nitrogens with one attached hydrogen (secondary N) is 2. The third-order valence-corrected chi connectivity index (χ3v) is 4.06. The van der Waals surface area contributed by atoms with E-state index in [0.29, 0.717) is 5.92 Å². The van der Waals surface area contributed by atoms with Crippen molar-refractivity contribution in [1.82, 2.24) is 9.99 Å². The first-order chi connectivity index (χ1) is 11.9. The summed E-state index contributed by atoms with van der Waals surface area (Å²) in [5.74, 6) is 0.412. The first-order valence-electron chi connectivity index (χ1n) is 8.66. The lowest BCUT2D eigenvalue weighted by Crippen LogP contribution is -2.25. The van der Waals surface area contributed by atoms with Gasteiger partial charge in [0.2, 0.25) is 0 Å². The summed E-state index contributed by atoms with van der Waals surface area (Å²) in [7, 11) is 0. The monoisotopic (exact) mass is 340 g/mol. The van der Waals surface area contributed by atoms with E-state index in [1.807, 2.05) is 31.2 Å². The Balaban J connectivity index is 1.88. The van der Waals surface area contributed by atoms with Crippen LogP contribution >= 0.6 is 0 Å². The van der Waals surface area contributed by atoms with Gasteiger partial charge < -0.3 is 9.88 Å². The van der Waals surface area contributed by atoms with Crippen molar-refractivity contribution in [2.24, 2.45) is 11.0 Å². The summed E-state index contributed by atoms with van der Waals surface area (Å²) in [5.41, 5.74) is 8.09. The predicted octanol–water partition coefficient (Wildman–Crippen LogP) is 3.63. The fourth-order valence-corrected chi connectivity index (χ4v) is 2.67. The SMILES string of the molecule is Cc1ccc(NCC(=O)N/N=C\c2cc(C)n(CC(C)C)c2C)cc1. The average Bonchev–Trinajstić information content (AvgIpc) is 2.81. The van der Waals surface area contributed by atoms with Crippen LogP contribution in [-0.4, -0.2) is 23.2 Å². The highest BCUT2D eigenvalue weighted by molar-refractivity contribution is 5.85. The second-order valence-electron chi connectivity index (χ2n) is 6.84. The van der Waals surface area contributed by atoms with Crippen LogP contribution in [0.4, 0.5) is 5.69 Å². The number of nitrogens with zero attached hydrogens (tertiary/aromatic N) is 2. The van der Waals surface area contributed by atoms with Crippen LogP contribution in [0, 0.1) is 26.7 Å². The van der Waals surface area contributed by atoms with Crippen molar-refractivity contribution in [2.45, 2.75) is 41.2 Å². The fraction of sp³-hybridized carbons (Fsp3) is 0.400. The lowest BCUT2D eigenvalue weighted by atomic mass is 10.2. The maximum Gasteiger partial charge on any atom is 0.259 e. The van der Waals surface area contributed by atoms with Crippen molar-refractivity contribution in [1.29, 1.82) is 0 Å². The first-order valence-corrected chi connectivity index (χ1v) is 8.66. The zero-order valence-electron chi connectivity index (χ0n) is 15.8. The molecule has 0 saturated heterocycles. The van der Waals surface area contributed by atoms with Gasteiger partial charge in [0.1, 0.15) is 0 Å². The van der Waals surface area contributed by atoms with Crippen molar-refractivity contribution >= 4 is 17.8 Å². The van der Waals surface area contributed by atoms with Gasteiger partial charge in [0.05, 0.1) is 12.8 Å². The molecule has 5 nitrogen and oxygen atoms in total. The Hall–Kier alpha value is -2.56. The van der Waals surface area contributed by atoms with Gasteiger partial charge >= 0.3 is 0 Å². The number of benzene rings is 1. The minimum absolute atomic E-state index is 0.173. The Morgan fingerprint density at radius 3 is 2.52 bits per heavy atom. The van der Waals surface area contributed by atoms with Gasteiger partial charge in [0, 0.05) is 29.2 Å². The molecule has 5 heteroatoms. The zero-order chi connectivity index (χ0) is 18.4. The molecule has 1 heterocycles. The van der Waals surface area contributed by atoms with Crippen LogP contribution in [0.2, 0.25) is 0 Å². The van der Waals surface area contributed by atoms with Gasteiger partial charge in [-0.05, 0) is 44.9 Å². The Bertz CT molecular complexity index is 742. The number of anilines is 1. The topological polar surface area (TPSA) is 58.4 Å². The van der Waals surface area contributed by atoms with Crippen LogP contribution in [0.3, 0.4) is 0 Å². The fourth-order valence-electron chi connectivity index (χ4n) is 2.67. The maximum atomic E-state index is 11.9. The molecular weight excluding hydrogens is 312 g/mol. The van der Waals surface area contributed by atoms with Gasteiger partial charge in [-0.1, -0.05) is 31.5 Å². The van der Waals surface area contributed by atoms with Crippen molar-refractivity contribution in [3.63, 3.8) is 0 Å². The van der Waals surface area contributed by atoms with E-state index in [4.69, 9.17) is 0 Å². The van der Waals surface area contributed by atoms with Gasteiger partial charge in [0.15, 0.2) is 0 Å². The van der Waals surface area contributed by atoms with Gasteiger partial charge in [-0.25, -0.2) is 5.43 Å². The molecule has 0 unspecified atom stereocenters. The average molecular weight is 340 g/mol. The van der Waals surface area contributed by atoms with Gasteiger partial charge in [0.25, 0.3) is 5.91 Å². The molecule has 2 rings (SSSR count). The van der Waals surface area contributed by atoms with Crippen LogP contribution in [0.15, 0.2) is 35.4 Å². The molecule has 0 spiro atoms. The van der Waals surface area contributed by atoms with Crippen LogP contribution in [0.1, 0.15) is 36.4 Å². The summed E-state index contributed by atoms with van der Waals surface area (Å²) in [5, 5.41) is 7.16. The molecular formula is C20H28N4O.